The second-order valence-electron chi connectivity index (χ2n) is 5.98. The minimum absolute atomic E-state index is 0.335. The highest BCUT2D eigenvalue weighted by molar-refractivity contribution is 9.10. The Bertz CT molecular complexity index is 1060. The van der Waals surface area contributed by atoms with Crippen molar-refractivity contribution in [2.45, 2.75) is 0 Å². The first-order valence-corrected chi connectivity index (χ1v) is 8.91. The minimum atomic E-state index is -0.335. The van der Waals surface area contributed by atoms with Crippen LogP contribution in [-0.2, 0) is 9.53 Å². The molecular weight excluding hydrogens is 392 g/mol. The molecular formula is C22H15BrO3. The number of carbonyl (C=O) groups is 1. The molecule has 0 saturated carbocycles. The van der Waals surface area contributed by atoms with Gasteiger partial charge in [-0.15, -0.1) is 0 Å². The summed E-state index contributed by atoms with van der Waals surface area (Å²) in [5.41, 5.74) is 2.36. The average Bonchev–Trinajstić information content (AvgIpc) is 3.03. The first-order chi connectivity index (χ1) is 12.6. The molecule has 0 spiro atoms. The molecule has 1 aliphatic rings. The largest absolute Gasteiger partial charge is 0.497 e. The molecule has 3 aromatic carbocycles. The van der Waals surface area contributed by atoms with Crippen LogP contribution in [0.5, 0.6) is 5.75 Å². The van der Waals surface area contributed by atoms with E-state index in [4.69, 9.17) is 9.47 Å². The molecule has 1 heterocycles. The Kier molecular flexibility index (Phi) is 4.35. The zero-order valence-electron chi connectivity index (χ0n) is 14.0. The van der Waals surface area contributed by atoms with Crippen molar-refractivity contribution in [3.05, 3.63) is 87.9 Å². The zero-order chi connectivity index (χ0) is 18.1. The molecule has 0 bridgehead atoms. The van der Waals surface area contributed by atoms with Crippen LogP contribution < -0.4 is 4.74 Å². The maximum Gasteiger partial charge on any atom is 0.343 e. The summed E-state index contributed by atoms with van der Waals surface area (Å²) in [6, 6.07) is 19.6. The summed E-state index contributed by atoms with van der Waals surface area (Å²) in [7, 11) is 1.65. The third-order valence-corrected chi connectivity index (χ3v) is 4.78. The van der Waals surface area contributed by atoms with Crippen LogP contribution in [0.3, 0.4) is 0 Å². The number of carbonyl (C=O) groups excluding carboxylic acids is 1. The van der Waals surface area contributed by atoms with Crippen molar-refractivity contribution in [3.8, 4) is 5.75 Å². The van der Waals surface area contributed by atoms with Gasteiger partial charge in [-0.05, 0) is 58.8 Å². The van der Waals surface area contributed by atoms with Gasteiger partial charge in [0.15, 0.2) is 0 Å². The number of cyclic esters (lactones) is 1. The highest BCUT2D eigenvalue weighted by Crippen LogP contribution is 2.30. The molecule has 0 amide bonds. The van der Waals surface area contributed by atoms with Crippen LogP contribution in [0.2, 0.25) is 0 Å². The molecule has 0 atom stereocenters. The van der Waals surface area contributed by atoms with Gasteiger partial charge in [0.1, 0.15) is 11.5 Å². The Labute approximate surface area is 159 Å². The van der Waals surface area contributed by atoms with Crippen LogP contribution in [0.1, 0.15) is 11.1 Å². The van der Waals surface area contributed by atoms with Gasteiger partial charge in [-0.2, -0.15) is 0 Å². The van der Waals surface area contributed by atoms with Gasteiger partial charge in [-0.3, -0.25) is 0 Å². The average molecular weight is 407 g/mol. The number of fused-ring (bicyclic) bond motifs is 1. The predicted molar refractivity (Wildman–Crippen MR) is 107 cm³/mol. The highest BCUT2D eigenvalue weighted by atomic mass is 79.9. The fourth-order valence-corrected chi connectivity index (χ4v) is 3.14. The monoisotopic (exact) mass is 406 g/mol. The van der Waals surface area contributed by atoms with Gasteiger partial charge in [0.25, 0.3) is 0 Å². The van der Waals surface area contributed by atoms with E-state index in [1.165, 1.54) is 0 Å². The molecule has 26 heavy (non-hydrogen) atoms. The van der Waals surface area contributed by atoms with E-state index in [0.29, 0.717) is 11.3 Å². The molecule has 3 aromatic rings. The molecule has 0 N–H and O–H groups in total. The highest BCUT2D eigenvalue weighted by Gasteiger charge is 2.22. The lowest BCUT2D eigenvalue weighted by molar-refractivity contribution is -0.130. The van der Waals surface area contributed by atoms with Gasteiger partial charge in [-0.1, -0.05) is 46.3 Å². The van der Waals surface area contributed by atoms with Crippen LogP contribution in [0, 0.1) is 0 Å². The molecule has 0 saturated heterocycles. The number of hydrogen-bond acceptors (Lipinski definition) is 3. The lowest BCUT2D eigenvalue weighted by Gasteiger charge is -2.06. The quantitative estimate of drug-likeness (QED) is 0.419. The lowest BCUT2D eigenvalue weighted by Crippen LogP contribution is -1.97. The van der Waals surface area contributed by atoms with Gasteiger partial charge in [0, 0.05) is 10.0 Å². The summed E-state index contributed by atoms with van der Waals surface area (Å²) in [5, 5.41) is 2.13. The van der Waals surface area contributed by atoms with Crippen molar-refractivity contribution >= 4 is 44.5 Å². The third-order valence-electron chi connectivity index (χ3n) is 4.25. The summed E-state index contributed by atoms with van der Waals surface area (Å²) in [5.74, 6) is 1.05. The van der Waals surface area contributed by atoms with E-state index in [-0.39, 0.29) is 5.97 Å². The fourth-order valence-electron chi connectivity index (χ4n) is 2.87. The van der Waals surface area contributed by atoms with E-state index in [1.807, 2.05) is 66.7 Å². The molecule has 128 valence electrons. The van der Waals surface area contributed by atoms with E-state index in [1.54, 1.807) is 13.2 Å². The van der Waals surface area contributed by atoms with E-state index in [0.717, 1.165) is 32.1 Å². The molecule has 0 aliphatic carbocycles. The van der Waals surface area contributed by atoms with Crippen LogP contribution >= 0.6 is 15.9 Å². The topological polar surface area (TPSA) is 35.5 Å². The summed E-state index contributed by atoms with van der Waals surface area (Å²) in [6.45, 7) is 0. The number of methoxy groups -OCH3 is 1. The Balaban J connectivity index is 1.68. The molecule has 3 nitrogen and oxygen atoms in total. The normalized spacial score (nSPS) is 15.2. The van der Waals surface area contributed by atoms with Crippen LogP contribution in [0.15, 0.2) is 76.8 Å². The fraction of sp³-hybridized carbons (Fsp3) is 0.0455. The zero-order valence-corrected chi connectivity index (χ0v) is 15.6. The third kappa shape index (κ3) is 3.28. The summed E-state index contributed by atoms with van der Waals surface area (Å²) < 4.78 is 11.7. The maximum absolute atomic E-state index is 12.2. The first kappa shape index (κ1) is 16.6. The molecule has 4 heteroatoms. The first-order valence-electron chi connectivity index (χ1n) is 8.12. The van der Waals surface area contributed by atoms with Crippen LogP contribution in [0.4, 0.5) is 0 Å². The number of esters is 1. The molecule has 0 fully saturated rings. The molecule has 0 aromatic heterocycles. The molecule has 1 aliphatic heterocycles. The van der Waals surface area contributed by atoms with Crippen molar-refractivity contribution in [3.63, 3.8) is 0 Å². The van der Waals surface area contributed by atoms with Gasteiger partial charge < -0.3 is 9.47 Å². The number of ether oxygens (including phenoxy) is 2. The van der Waals surface area contributed by atoms with Crippen LogP contribution in [0.25, 0.3) is 22.6 Å². The standard InChI is InChI=1S/C22H15BrO3/c1-25-20-9-6-15-11-17(5-4-16(15)12-20)21-13-18(22(24)26-21)10-14-2-7-19(23)8-3-14/h2-13H,1H3/b18-10-. The predicted octanol–water partition coefficient (Wildman–Crippen LogP) is 5.59. The van der Waals surface area contributed by atoms with Crippen molar-refractivity contribution < 1.29 is 14.3 Å². The van der Waals surface area contributed by atoms with Crippen molar-refractivity contribution in [1.29, 1.82) is 0 Å². The van der Waals surface area contributed by atoms with Gasteiger partial charge in [0.05, 0.1) is 12.7 Å². The van der Waals surface area contributed by atoms with Crippen molar-refractivity contribution in [1.82, 2.24) is 0 Å². The Morgan fingerprint density at radius 2 is 1.69 bits per heavy atom. The van der Waals surface area contributed by atoms with Crippen molar-refractivity contribution in [2.75, 3.05) is 7.11 Å². The summed E-state index contributed by atoms with van der Waals surface area (Å²) in [4.78, 5) is 12.2. The van der Waals surface area contributed by atoms with E-state index in [2.05, 4.69) is 15.9 Å². The van der Waals surface area contributed by atoms with E-state index < -0.39 is 0 Å². The number of hydrogen-bond donors (Lipinski definition) is 0. The smallest absolute Gasteiger partial charge is 0.343 e. The Morgan fingerprint density at radius 1 is 0.962 bits per heavy atom. The number of halogens is 1. The minimum Gasteiger partial charge on any atom is -0.497 e. The molecule has 0 radical (unpaired) electrons. The summed E-state index contributed by atoms with van der Waals surface area (Å²) in [6.07, 6.45) is 3.61. The maximum atomic E-state index is 12.2. The second kappa shape index (κ2) is 6.81. The second-order valence-corrected chi connectivity index (χ2v) is 6.89. The SMILES string of the molecule is COc1ccc2cc(C3=C/C(=C/c4ccc(Br)cc4)C(=O)O3)ccc2c1. The lowest BCUT2D eigenvalue weighted by atomic mass is 10.0. The van der Waals surface area contributed by atoms with E-state index >= 15 is 0 Å². The van der Waals surface area contributed by atoms with Gasteiger partial charge >= 0.3 is 5.97 Å². The van der Waals surface area contributed by atoms with E-state index in [9.17, 15) is 4.79 Å². The van der Waals surface area contributed by atoms with Gasteiger partial charge in [0.2, 0.25) is 0 Å². The Hall–Kier alpha value is -2.85. The Morgan fingerprint density at radius 3 is 2.46 bits per heavy atom. The molecule has 0 unspecified atom stereocenters. The van der Waals surface area contributed by atoms with Gasteiger partial charge in [-0.25, -0.2) is 4.79 Å². The summed E-state index contributed by atoms with van der Waals surface area (Å²) >= 11 is 3.41. The number of benzene rings is 3. The van der Waals surface area contributed by atoms with Crippen LogP contribution in [-0.4, -0.2) is 13.1 Å². The number of rotatable bonds is 3. The van der Waals surface area contributed by atoms with Crippen molar-refractivity contribution in [2.24, 2.45) is 0 Å². The molecule has 4 rings (SSSR count).